The summed E-state index contributed by atoms with van der Waals surface area (Å²) in [4.78, 5) is 15.7. The van der Waals surface area contributed by atoms with E-state index in [2.05, 4.69) is 10.3 Å². The lowest BCUT2D eigenvalue weighted by atomic mass is 10.5. The number of nitrogens with one attached hydrogen (secondary N) is 1. The van der Waals surface area contributed by atoms with E-state index >= 15 is 0 Å². The van der Waals surface area contributed by atoms with Crippen LogP contribution in [0.25, 0.3) is 0 Å². The third kappa shape index (κ3) is 2.54. The van der Waals surface area contributed by atoms with Crippen LogP contribution in [0.5, 0.6) is 0 Å². The molecule has 2 aromatic rings. The van der Waals surface area contributed by atoms with Gasteiger partial charge in [-0.3, -0.25) is 0 Å². The van der Waals surface area contributed by atoms with Gasteiger partial charge in [-0.2, -0.15) is 0 Å². The number of thiophene rings is 1. The molecule has 2 heterocycles. The summed E-state index contributed by atoms with van der Waals surface area (Å²) >= 11 is 2.95. The average molecular weight is 240 g/mol. The summed E-state index contributed by atoms with van der Waals surface area (Å²) in [5, 5.41) is 15.9. The minimum atomic E-state index is -0.990. The van der Waals surface area contributed by atoms with Gasteiger partial charge in [0.05, 0.1) is 6.54 Å². The first-order valence-corrected chi connectivity index (χ1v) is 5.97. The summed E-state index contributed by atoms with van der Waals surface area (Å²) in [6.07, 6.45) is 0. The zero-order valence-electron chi connectivity index (χ0n) is 7.64. The first-order valence-electron chi connectivity index (χ1n) is 4.21. The lowest BCUT2D eigenvalue weighted by Gasteiger charge is -1.98. The molecule has 0 radical (unpaired) electrons. The Bertz CT molecular complexity index is 450. The van der Waals surface area contributed by atoms with E-state index in [0.29, 0.717) is 11.7 Å². The molecule has 6 heteroatoms. The lowest BCUT2D eigenvalue weighted by molar-refractivity contribution is 0.0691. The second-order valence-electron chi connectivity index (χ2n) is 2.78. The van der Waals surface area contributed by atoms with Gasteiger partial charge in [-0.15, -0.1) is 22.7 Å². The van der Waals surface area contributed by atoms with Gasteiger partial charge in [-0.1, -0.05) is 6.07 Å². The molecule has 0 fully saturated rings. The summed E-state index contributed by atoms with van der Waals surface area (Å²) in [5.74, 6) is -0.990. The normalized spacial score (nSPS) is 10.1. The Morgan fingerprint density at radius 1 is 1.53 bits per heavy atom. The van der Waals surface area contributed by atoms with Crippen molar-refractivity contribution in [1.82, 2.24) is 4.98 Å². The Morgan fingerprint density at radius 2 is 2.40 bits per heavy atom. The number of aromatic nitrogens is 1. The summed E-state index contributed by atoms with van der Waals surface area (Å²) < 4.78 is 0. The molecule has 0 aliphatic rings. The van der Waals surface area contributed by atoms with E-state index < -0.39 is 5.97 Å². The number of hydrogen-bond acceptors (Lipinski definition) is 5. The second kappa shape index (κ2) is 4.41. The zero-order valence-corrected chi connectivity index (χ0v) is 9.27. The summed E-state index contributed by atoms with van der Waals surface area (Å²) in [6.45, 7) is 0.685. The lowest BCUT2D eigenvalue weighted by Crippen LogP contribution is -1.99. The van der Waals surface area contributed by atoms with Crippen molar-refractivity contribution in [3.05, 3.63) is 33.5 Å². The van der Waals surface area contributed by atoms with E-state index in [9.17, 15) is 4.79 Å². The summed E-state index contributed by atoms with van der Waals surface area (Å²) in [7, 11) is 0. The molecule has 2 N–H and O–H groups in total. The molecule has 15 heavy (non-hydrogen) atoms. The molecule has 0 atom stereocenters. The third-order valence-electron chi connectivity index (χ3n) is 1.72. The van der Waals surface area contributed by atoms with Crippen LogP contribution in [0.2, 0.25) is 0 Å². The van der Waals surface area contributed by atoms with E-state index in [1.54, 1.807) is 11.3 Å². The molecule has 0 aliphatic heterocycles. The van der Waals surface area contributed by atoms with Gasteiger partial charge in [0.1, 0.15) is 0 Å². The van der Waals surface area contributed by atoms with Gasteiger partial charge in [-0.05, 0) is 11.4 Å². The number of rotatable bonds is 4. The smallest absolute Gasteiger partial charge is 0.355 e. The van der Waals surface area contributed by atoms with Crippen LogP contribution in [0, 0.1) is 0 Å². The summed E-state index contributed by atoms with van der Waals surface area (Å²) in [6, 6.07) is 4.00. The Kier molecular flexibility index (Phi) is 2.98. The van der Waals surface area contributed by atoms with Gasteiger partial charge in [-0.25, -0.2) is 9.78 Å². The van der Waals surface area contributed by atoms with Crippen molar-refractivity contribution in [1.29, 1.82) is 0 Å². The molecule has 0 bridgehead atoms. The highest BCUT2D eigenvalue weighted by molar-refractivity contribution is 7.14. The predicted molar refractivity (Wildman–Crippen MR) is 60.7 cm³/mol. The van der Waals surface area contributed by atoms with E-state index in [4.69, 9.17) is 5.11 Å². The third-order valence-corrected chi connectivity index (χ3v) is 3.39. The van der Waals surface area contributed by atoms with Crippen LogP contribution >= 0.6 is 22.7 Å². The fourth-order valence-corrected chi connectivity index (χ4v) is 2.36. The molecule has 0 saturated carbocycles. The van der Waals surface area contributed by atoms with Crippen molar-refractivity contribution in [2.24, 2.45) is 0 Å². The van der Waals surface area contributed by atoms with Crippen LogP contribution in [0.15, 0.2) is 22.9 Å². The van der Waals surface area contributed by atoms with E-state index in [-0.39, 0.29) is 5.69 Å². The zero-order chi connectivity index (χ0) is 10.7. The molecule has 0 amide bonds. The SMILES string of the molecule is O=C(O)c1csc(NCc2cccs2)n1. The highest BCUT2D eigenvalue weighted by Gasteiger charge is 2.07. The minimum Gasteiger partial charge on any atom is -0.476 e. The highest BCUT2D eigenvalue weighted by Crippen LogP contribution is 2.17. The van der Waals surface area contributed by atoms with Gasteiger partial charge in [0.25, 0.3) is 0 Å². The first-order chi connectivity index (χ1) is 7.25. The molecule has 0 aromatic carbocycles. The number of thiazole rings is 1. The molecular formula is C9H8N2O2S2. The number of carbonyl (C=O) groups is 1. The quantitative estimate of drug-likeness (QED) is 0.862. The van der Waals surface area contributed by atoms with E-state index in [1.165, 1.54) is 21.6 Å². The second-order valence-corrected chi connectivity index (χ2v) is 4.67. The predicted octanol–water partition coefficient (Wildman–Crippen LogP) is 2.51. The van der Waals surface area contributed by atoms with Crippen molar-refractivity contribution in [3.63, 3.8) is 0 Å². The van der Waals surface area contributed by atoms with Gasteiger partial charge < -0.3 is 10.4 Å². The molecule has 0 saturated heterocycles. The van der Waals surface area contributed by atoms with Gasteiger partial charge >= 0.3 is 5.97 Å². The average Bonchev–Trinajstić information content (AvgIpc) is 2.86. The van der Waals surface area contributed by atoms with E-state index in [1.807, 2.05) is 17.5 Å². The van der Waals surface area contributed by atoms with Gasteiger partial charge in [0.2, 0.25) is 0 Å². The Labute approximate surface area is 94.2 Å². The van der Waals surface area contributed by atoms with Crippen molar-refractivity contribution >= 4 is 33.8 Å². The number of carboxylic acids is 1. The molecular weight excluding hydrogens is 232 g/mol. The number of anilines is 1. The maximum Gasteiger partial charge on any atom is 0.355 e. The fourth-order valence-electron chi connectivity index (χ4n) is 1.03. The number of aromatic carboxylic acids is 1. The van der Waals surface area contributed by atoms with Crippen molar-refractivity contribution in [2.75, 3.05) is 5.32 Å². The molecule has 4 nitrogen and oxygen atoms in total. The monoisotopic (exact) mass is 240 g/mol. The Balaban J connectivity index is 1.96. The van der Waals surface area contributed by atoms with Crippen LogP contribution in [0.1, 0.15) is 15.4 Å². The van der Waals surface area contributed by atoms with Gasteiger partial charge in [0, 0.05) is 10.3 Å². The highest BCUT2D eigenvalue weighted by atomic mass is 32.1. The standard InChI is InChI=1S/C9H8N2O2S2/c12-8(13)7-5-15-9(11-7)10-4-6-2-1-3-14-6/h1-3,5H,4H2,(H,10,11)(H,12,13). The largest absolute Gasteiger partial charge is 0.476 e. The van der Waals surface area contributed by atoms with Crippen LogP contribution < -0.4 is 5.32 Å². The molecule has 2 rings (SSSR count). The molecule has 0 aliphatic carbocycles. The van der Waals surface area contributed by atoms with Crippen molar-refractivity contribution in [3.8, 4) is 0 Å². The number of carboxylic acid groups (broad SMARTS) is 1. The number of hydrogen-bond donors (Lipinski definition) is 2. The van der Waals surface area contributed by atoms with Crippen LogP contribution in [0.4, 0.5) is 5.13 Å². The van der Waals surface area contributed by atoms with Crippen molar-refractivity contribution in [2.45, 2.75) is 6.54 Å². The first kappa shape index (κ1) is 10.1. The van der Waals surface area contributed by atoms with Crippen LogP contribution in [-0.4, -0.2) is 16.1 Å². The molecule has 0 unspecified atom stereocenters. The number of nitrogens with zero attached hydrogens (tertiary/aromatic N) is 1. The summed E-state index contributed by atoms with van der Waals surface area (Å²) in [5.41, 5.74) is 0.0914. The van der Waals surface area contributed by atoms with E-state index in [0.717, 1.165) is 0 Å². The van der Waals surface area contributed by atoms with Gasteiger partial charge in [0.15, 0.2) is 10.8 Å². The topological polar surface area (TPSA) is 62.2 Å². The molecule has 0 spiro atoms. The van der Waals surface area contributed by atoms with Crippen molar-refractivity contribution < 1.29 is 9.90 Å². The van der Waals surface area contributed by atoms with Crippen LogP contribution in [-0.2, 0) is 6.54 Å². The maximum absolute atomic E-state index is 10.6. The Hall–Kier alpha value is -1.40. The Morgan fingerprint density at radius 3 is 3.00 bits per heavy atom. The molecule has 2 aromatic heterocycles. The fraction of sp³-hybridized carbons (Fsp3) is 0.111. The maximum atomic E-state index is 10.6. The molecule has 78 valence electrons. The minimum absolute atomic E-state index is 0.0914. The van der Waals surface area contributed by atoms with Crippen LogP contribution in [0.3, 0.4) is 0 Å².